The normalized spacial score (nSPS) is 11.1. The van der Waals surface area contributed by atoms with E-state index < -0.39 is 15.0 Å². The maximum absolute atomic E-state index is 10.9. The maximum atomic E-state index is 10.9. The van der Waals surface area contributed by atoms with Crippen molar-refractivity contribution in [1.29, 1.82) is 0 Å². The SMILES string of the molecule is CC(=O)Nc1cccc(S(=O)(=O)O)c1N. The molecule has 0 saturated carbocycles. The summed E-state index contributed by atoms with van der Waals surface area (Å²) in [6.07, 6.45) is 0. The summed E-state index contributed by atoms with van der Waals surface area (Å²) in [6.45, 7) is 1.26. The van der Waals surface area contributed by atoms with Crippen LogP contribution in [0.3, 0.4) is 0 Å². The molecule has 0 aliphatic rings. The van der Waals surface area contributed by atoms with Gasteiger partial charge >= 0.3 is 0 Å². The number of anilines is 2. The number of nitrogen functional groups attached to an aromatic ring is 1. The monoisotopic (exact) mass is 230 g/mol. The van der Waals surface area contributed by atoms with E-state index in [1.807, 2.05) is 0 Å². The first-order valence-corrected chi connectivity index (χ1v) is 5.40. The van der Waals surface area contributed by atoms with E-state index in [4.69, 9.17) is 10.3 Å². The van der Waals surface area contributed by atoms with Crippen LogP contribution in [0.15, 0.2) is 23.1 Å². The third kappa shape index (κ3) is 2.67. The quantitative estimate of drug-likeness (QED) is 0.505. The van der Waals surface area contributed by atoms with Gasteiger partial charge in [-0.1, -0.05) is 6.07 Å². The number of amides is 1. The van der Waals surface area contributed by atoms with Crippen molar-refractivity contribution in [2.75, 3.05) is 11.1 Å². The molecule has 6 nitrogen and oxygen atoms in total. The van der Waals surface area contributed by atoms with Crippen LogP contribution in [0.5, 0.6) is 0 Å². The number of nitrogens with two attached hydrogens (primary N) is 1. The van der Waals surface area contributed by atoms with Crippen LogP contribution in [-0.2, 0) is 14.9 Å². The third-order valence-electron chi connectivity index (χ3n) is 1.65. The number of hydrogen-bond acceptors (Lipinski definition) is 4. The average molecular weight is 230 g/mol. The number of para-hydroxylation sites is 1. The van der Waals surface area contributed by atoms with Crippen molar-refractivity contribution >= 4 is 27.4 Å². The largest absolute Gasteiger partial charge is 0.396 e. The first kappa shape index (κ1) is 11.5. The summed E-state index contributed by atoms with van der Waals surface area (Å²) < 4.78 is 30.5. The molecule has 0 unspecified atom stereocenters. The van der Waals surface area contributed by atoms with Gasteiger partial charge in [0.15, 0.2) is 0 Å². The summed E-state index contributed by atoms with van der Waals surface area (Å²) in [5.74, 6) is -0.380. The second-order valence-electron chi connectivity index (χ2n) is 2.87. The highest BCUT2D eigenvalue weighted by Crippen LogP contribution is 2.26. The van der Waals surface area contributed by atoms with Gasteiger partial charge in [-0.05, 0) is 12.1 Å². The van der Waals surface area contributed by atoms with Gasteiger partial charge in [0.25, 0.3) is 10.1 Å². The van der Waals surface area contributed by atoms with Gasteiger partial charge in [0, 0.05) is 6.92 Å². The molecule has 0 fully saturated rings. The number of carbonyl (C=O) groups is 1. The lowest BCUT2D eigenvalue weighted by Crippen LogP contribution is -2.11. The lowest BCUT2D eigenvalue weighted by atomic mass is 10.2. The third-order valence-corrected chi connectivity index (χ3v) is 2.57. The number of rotatable bonds is 2. The molecule has 0 aliphatic heterocycles. The van der Waals surface area contributed by atoms with E-state index in [9.17, 15) is 13.2 Å². The molecule has 1 aromatic carbocycles. The van der Waals surface area contributed by atoms with Crippen LogP contribution in [0.25, 0.3) is 0 Å². The molecular formula is C8H10N2O4S. The van der Waals surface area contributed by atoms with E-state index in [1.54, 1.807) is 0 Å². The van der Waals surface area contributed by atoms with Crippen LogP contribution in [0, 0.1) is 0 Å². The topological polar surface area (TPSA) is 109 Å². The molecule has 1 amide bonds. The van der Waals surface area contributed by atoms with E-state index in [2.05, 4.69) is 5.32 Å². The van der Waals surface area contributed by atoms with Crippen molar-refractivity contribution in [2.45, 2.75) is 11.8 Å². The molecule has 1 aromatic rings. The summed E-state index contributed by atoms with van der Waals surface area (Å²) in [7, 11) is -4.37. The lowest BCUT2D eigenvalue weighted by molar-refractivity contribution is -0.114. The minimum atomic E-state index is -4.37. The molecule has 82 valence electrons. The Labute approximate surface area is 86.8 Å². The molecule has 0 bridgehead atoms. The molecule has 15 heavy (non-hydrogen) atoms. The maximum Gasteiger partial charge on any atom is 0.296 e. The van der Waals surface area contributed by atoms with Crippen molar-refractivity contribution in [1.82, 2.24) is 0 Å². The fourth-order valence-electron chi connectivity index (χ4n) is 1.07. The van der Waals surface area contributed by atoms with Crippen molar-refractivity contribution in [3.05, 3.63) is 18.2 Å². The van der Waals surface area contributed by atoms with Gasteiger partial charge in [0.2, 0.25) is 5.91 Å². The molecule has 0 saturated heterocycles. The molecule has 0 heterocycles. The van der Waals surface area contributed by atoms with Crippen molar-refractivity contribution < 1.29 is 17.8 Å². The molecule has 7 heteroatoms. The van der Waals surface area contributed by atoms with Gasteiger partial charge in [0.05, 0.1) is 11.4 Å². The molecule has 0 atom stereocenters. The Balaban J connectivity index is 3.30. The van der Waals surface area contributed by atoms with Crippen LogP contribution in [0.2, 0.25) is 0 Å². The van der Waals surface area contributed by atoms with Crippen molar-refractivity contribution in [3.8, 4) is 0 Å². The summed E-state index contributed by atoms with van der Waals surface area (Å²) in [5, 5.41) is 2.35. The van der Waals surface area contributed by atoms with Gasteiger partial charge in [-0.15, -0.1) is 0 Å². The van der Waals surface area contributed by atoms with Gasteiger partial charge in [0.1, 0.15) is 4.90 Å². The molecule has 0 radical (unpaired) electrons. The Morgan fingerprint density at radius 2 is 2.07 bits per heavy atom. The summed E-state index contributed by atoms with van der Waals surface area (Å²) >= 11 is 0. The second-order valence-corrected chi connectivity index (χ2v) is 4.26. The Bertz CT molecular complexity index is 495. The molecule has 0 aliphatic carbocycles. The highest BCUT2D eigenvalue weighted by molar-refractivity contribution is 7.86. The van der Waals surface area contributed by atoms with Gasteiger partial charge in [-0.2, -0.15) is 8.42 Å². The second kappa shape index (κ2) is 3.87. The van der Waals surface area contributed by atoms with Crippen LogP contribution in [-0.4, -0.2) is 18.9 Å². The minimum Gasteiger partial charge on any atom is -0.396 e. The number of hydrogen-bond donors (Lipinski definition) is 3. The molecule has 4 N–H and O–H groups in total. The van der Waals surface area contributed by atoms with Crippen molar-refractivity contribution in [3.63, 3.8) is 0 Å². The minimum absolute atomic E-state index is 0.151. The highest BCUT2D eigenvalue weighted by Gasteiger charge is 2.16. The molecular weight excluding hydrogens is 220 g/mol. The van der Waals surface area contributed by atoms with Crippen LogP contribution >= 0.6 is 0 Å². The Kier molecular flexibility index (Phi) is 2.96. The standard InChI is InChI=1S/C8H10N2O4S/c1-5(11)10-6-3-2-4-7(8(6)9)15(12,13)14/h2-4H,9H2,1H3,(H,10,11)(H,12,13,14). The predicted octanol–water partition coefficient (Wildman–Crippen LogP) is 0.474. The van der Waals surface area contributed by atoms with Crippen LogP contribution in [0.1, 0.15) is 6.92 Å². The summed E-state index contributed by atoms with van der Waals surface area (Å²) in [5.41, 5.74) is 5.43. The highest BCUT2D eigenvalue weighted by atomic mass is 32.2. The summed E-state index contributed by atoms with van der Waals surface area (Å²) in [4.78, 5) is 10.3. The van der Waals surface area contributed by atoms with Crippen LogP contribution in [0.4, 0.5) is 11.4 Å². The molecule has 1 rings (SSSR count). The summed E-state index contributed by atoms with van der Waals surface area (Å²) in [6, 6.07) is 3.95. The number of benzene rings is 1. The zero-order chi connectivity index (χ0) is 11.6. The first-order valence-electron chi connectivity index (χ1n) is 3.96. The molecule has 0 spiro atoms. The fraction of sp³-hybridized carbons (Fsp3) is 0.125. The Morgan fingerprint density at radius 1 is 1.47 bits per heavy atom. The fourth-order valence-corrected chi connectivity index (χ4v) is 1.71. The first-order chi connectivity index (χ1) is 6.82. The van der Waals surface area contributed by atoms with E-state index in [0.717, 1.165) is 6.07 Å². The average Bonchev–Trinajstić information content (AvgIpc) is 2.05. The van der Waals surface area contributed by atoms with E-state index in [1.165, 1.54) is 19.1 Å². The Morgan fingerprint density at radius 3 is 2.53 bits per heavy atom. The van der Waals surface area contributed by atoms with Gasteiger partial charge < -0.3 is 11.1 Å². The smallest absolute Gasteiger partial charge is 0.296 e. The zero-order valence-electron chi connectivity index (χ0n) is 7.89. The molecule has 0 aromatic heterocycles. The van der Waals surface area contributed by atoms with E-state index >= 15 is 0 Å². The lowest BCUT2D eigenvalue weighted by Gasteiger charge is -2.08. The number of carbonyl (C=O) groups excluding carboxylic acids is 1. The zero-order valence-corrected chi connectivity index (χ0v) is 8.71. The Hall–Kier alpha value is -1.60. The van der Waals surface area contributed by atoms with Gasteiger partial charge in [-0.3, -0.25) is 9.35 Å². The van der Waals surface area contributed by atoms with E-state index in [-0.39, 0.29) is 17.3 Å². The van der Waals surface area contributed by atoms with E-state index in [0.29, 0.717) is 0 Å². The number of nitrogens with one attached hydrogen (secondary N) is 1. The predicted molar refractivity (Wildman–Crippen MR) is 55.0 cm³/mol. The van der Waals surface area contributed by atoms with Crippen LogP contribution < -0.4 is 11.1 Å². The van der Waals surface area contributed by atoms with Crippen molar-refractivity contribution in [2.24, 2.45) is 0 Å². The van der Waals surface area contributed by atoms with Gasteiger partial charge in [-0.25, -0.2) is 0 Å².